The first kappa shape index (κ1) is 16.5. The molecule has 0 saturated heterocycles. The van der Waals surface area contributed by atoms with E-state index in [1.807, 2.05) is 24.3 Å². The molecule has 134 valence electrons. The largest absolute Gasteiger partial charge is 0.508 e. The fourth-order valence-electron chi connectivity index (χ4n) is 2.80. The number of aromatic nitrogens is 4. The highest BCUT2D eigenvalue weighted by Crippen LogP contribution is 2.26. The second-order valence-electron chi connectivity index (χ2n) is 5.80. The van der Waals surface area contributed by atoms with Crippen molar-refractivity contribution in [1.29, 1.82) is 0 Å². The maximum Gasteiger partial charge on any atom is 0.269 e. The summed E-state index contributed by atoms with van der Waals surface area (Å²) in [5.74, 6) is 0.293. The maximum absolute atomic E-state index is 11.9. The minimum atomic E-state index is -0.709. The van der Waals surface area contributed by atoms with Crippen LogP contribution in [0, 0.1) is 0 Å². The van der Waals surface area contributed by atoms with Gasteiger partial charge in [0.1, 0.15) is 23.3 Å². The predicted molar refractivity (Wildman–Crippen MR) is 98.8 cm³/mol. The van der Waals surface area contributed by atoms with Gasteiger partial charge in [0.15, 0.2) is 17.2 Å². The highest BCUT2D eigenvalue weighted by molar-refractivity contribution is 6.02. The zero-order valence-electron chi connectivity index (χ0n) is 14.3. The van der Waals surface area contributed by atoms with Gasteiger partial charge >= 0.3 is 0 Å². The van der Waals surface area contributed by atoms with Gasteiger partial charge < -0.3 is 15.6 Å². The number of methoxy groups -OCH3 is 1. The number of nitrogens with two attached hydrogens (primary N) is 1. The molecular weight excluding hydrogens is 346 g/mol. The highest BCUT2D eigenvalue weighted by Gasteiger charge is 2.18. The third-order valence-electron chi connectivity index (χ3n) is 4.07. The van der Waals surface area contributed by atoms with E-state index in [9.17, 15) is 9.90 Å². The third kappa shape index (κ3) is 2.93. The van der Waals surface area contributed by atoms with Crippen molar-refractivity contribution in [2.24, 2.45) is 5.73 Å². The highest BCUT2D eigenvalue weighted by atomic mass is 16.5. The van der Waals surface area contributed by atoms with Gasteiger partial charge in [-0.2, -0.15) is 0 Å². The molecule has 4 rings (SSSR count). The first-order valence-corrected chi connectivity index (χ1v) is 8.05. The first-order valence-electron chi connectivity index (χ1n) is 8.05. The summed E-state index contributed by atoms with van der Waals surface area (Å²) in [5.41, 5.74) is 7.55. The van der Waals surface area contributed by atoms with Crippen LogP contribution < -0.4 is 10.5 Å². The number of phenolic OH excluding ortho intramolecular Hbond substituents is 1. The number of nitrogens with zero attached hydrogens (tertiary/aromatic N) is 4. The lowest BCUT2D eigenvalue weighted by molar-refractivity contribution is 0.0997. The molecule has 0 atom stereocenters. The van der Waals surface area contributed by atoms with Gasteiger partial charge in [-0.15, -0.1) is 0 Å². The number of primary amides is 1. The van der Waals surface area contributed by atoms with Crippen LogP contribution in [0.2, 0.25) is 0 Å². The summed E-state index contributed by atoms with van der Waals surface area (Å²) < 4.78 is 6.99. The summed E-state index contributed by atoms with van der Waals surface area (Å²) in [6.45, 7) is 0. The lowest BCUT2D eigenvalue weighted by Crippen LogP contribution is -2.15. The zero-order valence-corrected chi connectivity index (χ0v) is 14.3. The molecule has 2 aromatic heterocycles. The average molecular weight is 361 g/mol. The molecule has 27 heavy (non-hydrogen) atoms. The smallest absolute Gasteiger partial charge is 0.269 e. The molecule has 0 fully saturated rings. The summed E-state index contributed by atoms with van der Waals surface area (Å²) in [5, 5.41) is 9.74. The summed E-state index contributed by atoms with van der Waals surface area (Å²) in [6, 6.07) is 13.8. The minimum Gasteiger partial charge on any atom is -0.508 e. The molecule has 1 amide bonds. The van der Waals surface area contributed by atoms with Crippen LogP contribution in [0.1, 0.15) is 10.5 Å². The zero-order chi connectivity index (χ0) is 19.0. The summed E-state index contributed by atoms with van der Waals surface area (Å²) in [6.07, 6.45) is 1.55. The van der Waals surface area contributed by atoms with Crippen LogP contribution >= 0.6 is 0 Å². The fourth-order valence-corrected chi connectivity index (χ4v) is 2.80. The Bertz CT molecular complexity index is 1170. The number of carbonyl (C=O) groups excluding carboxylic acids is 1. The molecule has 8 nitrogen and oxygen atoms in total. The van der Waals surface area contributed by atoms with E-state index < -0.39 is 5.91 Å². The van der Waals surface area contributed by atoms with Crippen molar-refractivity contribution in [3.8, 4) is 28.6 Å². The number of imidazole rings is 1. The van der Waals surface area contributed by atoms with E-state index in [0.717, 1.165) is 5.69 Å². The second kappa shape index (κ2) is 6.41. The van der Waals surface area contributed by atoms with Crippen LogP contribution in [-0.2, 0) is 0 Å². The molecule has 0 aliphatic heterocycles. The fraction of sp³-hybridized carbons (Fsp3) is 0.0526. The number of ether oxygens (including phenoxy) is 1. The monoisotopic (exact) mass is 361 g/mol. The lowest BCUT2D eigenvalue weighted by atomic mass is 10.2. The molecule has 0 spiro atoms. The van der Waals surface area contributed by atoms with E-state index in [4.69, 9.17) is 10.5 Å². The molecule has 2 heterocycles. The van der Waals surface area contributed by atoms with Crippen molar-refractivity contribution in [3.05, 3.63) is 60.6 Å². The van der Waals surface area contributed by atoms with Crippen LogP contribution in [0.3, 0.4) is 0 Å². The quantitative estimate of drug-likeness (QED) is 0.576. The number of amides is 1. The molecular formula is C19H15N5O3. The van der Waals surface area contributed by atoms with Gasteiger partial charge in [0, 0.05) is 11.6 Å². The van der Waals surface area contributed by atoms with Gasteiger partial charge in [-0.1, -0.05) is 18.2 Å². The van der Waals surface area contributed by atoms with Gasteiger partial charge in [-0.3, -0.25) is 9.36 Å². The van der Waals surface area contributed by atoms with Gasteiger partial charge in [0.2, 0.25) is 0 Å². The van der Waals surface area contributed by atoms with E-state index in [1.54, 1.807) is 30.1 Å². The number of aromatic hydroxyl groups is 1. The molecule has 4 aromatic rings. The van der Waals surface area contributed by atoms with E-state index >= 15 is 0 Å². The Hall–Kier alpha value is -3.94. The molecule has 0 radical (unpaired) electrons. The van der Waals surface area contributed by atoms with Gasteiger partial charge in [0.25, 0.3) is 5.91 Å². The molecule has 0 saturated carbocycles. The van der Waals surface area contributed by atoms with Crippen molar-refractivity contribution >= 4 is 17.1 Å². The number of fused-ring (bicyclic) bond motifs is 1. The number of benzene rings is 2. The molecule has 0 unspecified atom stereocenters. The maximum atomic E-state index is 11.9. The van der Waals surface area contributed by atoms with Gasteiger partial charge in [0.05, 0.1) is 12.8 Å². The molecule has 2 aromatic carbocycles. The Kier molecular flexibility index (Phi) is 3.92. The van der Waals surface area contributed by atoms with Crippen LogP contribution in [0.4, 0.5) is 0 Å². The van der Waals surface area contributed by atoms with Crippen LogP contribution in [0.25, 0.3) is 28.2 Å². The van der Waals surface area contributed by atoms with Gasteiger partial charge in [-0.05, 0) is 24.3 Å². The Morgan fingerprint density at radius 3 is 2.70 bits per heavy atom. The van der Waals surface area contributed by atoms with Crippen LogP contribution in [-0.4, -0.2) is 37.6 Å². The normalized spacial score (nSPS) is 10.9. The number of phenols is 1. The van der Waals surface area contributed by atoms with Crippen molar-refractivity contribution in [2.45, 2.75) is 0 Å². The summed E-state index contributed by atoms with van der Waals surface area (Å²) in [7, 11) is 1.58. The molecule has 3 N–H and O–H groups in total. The predicted octanol–water partition coefficient (Wildman–Crippen LogP) is 2.30. The van der Waals surface area contributed by atoms with Gasteiger partial charge in [-0.25, -0.2) is 15.0 Å². The van der Waals surface area contributed by atoms with Crippen molar-refractivity contribution in [3.63, 3.8) is 0 Å². The van der Waals surface area contributed by atoms with E-state index in [1.165, 1.54) is 12.1 Å². The molecule has 8 heteroatoms. The number of hydrogen-bond donors (Lipinski definition) is 2. The molecule has 0 aliphatic carbocycles. The topological polar surface area (TPSA) is 116 Å². The van der Waals surface area contributed by atoms with Crippen LogP contribution in [0.15, 0.2) is 54.9 Å². The Balaban J connectivity index is 1.98. The summed E-state index contributed by atoms with van der Waals surface area (Å²) >= 11 is 0. The van der Waals surface area contributed by atoms with Crippen LogP contribution in [0.5, 0.6) is 11.5 Å². The Morgan fingerprint density at radius 1 is 1.15 bits per heavy atom. The minimum absolute atomic E-state index is 0.0139. The SMILES string of the molecule is COc1cccc(-n2cnc3c(C(N)=O)nc(-c4cccc(O)c4)nc32)c1. The lowest BCUT2D eigenvalue weighted by Gasteiger charge is -2.08. The van der Waals surface area contributed by atoms with Crippen molar-refractivity contribution < 1.29 is 14.6 Å². The Labute approximate surface area is 153 Å². The van der Waals surface area contributed by atoms with E-state index in [2.05, 4.69) is 15.0 Å². The van der Waals surface area contributed by atoms with E-state index in [-0.39, 0.29) is 17.3 Å². The molecule has 0 aliphatic rings. The second-order valence-corrected chi connectivity index (χ2v) is 5.80. The molecule has 0 bridgehead atoms. The average Bonchev–Trinajstić information content (AvgIpc) is 3.11. The first-order chi connectivity index (χ1) is 13.1. The van der Waals surface area contributed by atoms with Crippen molar-refractivity contribution in [2.75, 3.05) is 7.11 Å². The summed E-state index contributed by atoms with van der Waals surface area (Å²) in [4.78, 5) is 25.0. The number of carbonyl (C=O) groups is 1. The number of rotatable bonds is 4. The van der Waals surface area contributed by atoms with E-state index in [0.29, 0.717) is 22.5 Å². The number of hydrogen-bond acceptors (Lipinski definition) is 6. The van der Waals surface area contributed by atoms with Crippen molar-refractivity contribution in [1.82, 2.24) is 19.5 Å². The standard InChI is InChI=1S/C19H15N5O3/c1-27-14-7-3-5-12(9-14)24-10-21-16-15(17(20)26)22-18(23-19(16)24)11-4-2-6-13(25)8-11/h2-10,25H,1H3,(H2,20,26). The third-order valence-corrected chi connectivity index (χ3v) is 4.07. The Morgan fingerprint density at radius 2 is 1.96 bits per heavy atom.